The fourth-order valence-corrected chi connectivity index (χ4v) is 2.47. The molecular weight excluding hydrogens is 290 g/mol. The first kappa shape index (κ1) is 15.2. The van der Waals surface area contributed by atoms with Crippen LogP contribution in [-0.2, 0) is 6.42 Å². The number of carboxylic acid groups (broad SMARTS) is 1. The van der Waals surface area contributed by atoms with E-state index in [1.54, 1.807) is 0 Å². The van der Waals surface area contributed by atoms with E-state index in [0.717, 1.165) is 24.2 Å². The highest BCUT2D eigenvalue weighted by atomic mass is 32.1. The van der Waals surface area contributed by atoms with Crippen molar-refractivity contribution in [2.24, 2.45) is 0 Å². The highest BCUT2D eigenvalue weighted by Gasteiger charge is 2.15. The highest BCUT2D eigenvalue weighted by molar-refractivity contribution is 7.12. The van der Waals surface area contributed by atoms with Gasteiger partial charge in [-0.25, -0.2) is 9.78 Å². The molecule has 1 N–H and O–H groups in total. The minimum Gasteiger partial charge on any atom is -0.485 e. The molecule has 0 atom stereocenters. The Morgan fingerprint density at radius 1 is 1.29 bits per heavy atom. The molecule has 1 aromatic carbocycles. The second-order valence-corrected chi connectivity index (χ2v) is 5.31. The lowest BCUT2D eigenvalue weighted by atomic mass is 10.1. The van der Waals surface area contributed by atoms with Gasteiger partial charge in [0.15, 0.2) is 17.3 Å². The Hall–Kier alpha value is -2.21. The Kier molecular flexibility index (Phi) is 5.05. The van der Waals surface area contributed by atoms with Crippen molar-refractivity contribution in [2.45, 2.75) is 19.8 Å². The summed E-state index contributed by atoms with van der Waals surface area (Å²) in [6.07, 6.45) is 2.09. The van der Waals surface area contributed by atoms with E-state index in [2.05, 4.69) is 11.9 Å². The van der Waals surface area contributed by atoms with Crippen molar-refractivity contribution in [3.05, 3.63) is 45.9 Å². The molecule has 0 bridgehead atoms. The van der Waals surface area contributed by atoms with Crippen molar-refractivity contribution in [3.63, 3.8) is 0 Å². The molecule has 0 saturated heterocycles. The molecule has 0 aliphatic carbocycles. The number of hydrogen-bond donors (Lipinski definition) is 1. The van der Waals surface area contributed by atoms with Crippen molar-refractivity contribution in [3.8, 4) is 5.75 Å². The smallest absolute Gasteiger partial charge is 0.355 e. The number of aromatic carboxylic acids is 1. The number of carbonyl (C=O) groups excluding carboxylic acids is 1. The van der Waals surface area contributed by atoms with Crippen LogP contribution in [0.3, 0.4) is 0 Å². The fraction of sp³-hybridized carbons (Fsp3) is 0.267. The molecule has 0 radical (unpaired) electrons. The van der Waals surface area contributed by atoms with Crippen LogP contribution in [0.4, 0.5) is 0 Å². The molecule has 0 fully saturated rings. The van der Waals surface area contributed by atoms with Gasteiger partial charge in [-0.15, -0.1) is 11.3 Å². The van der Waals surface area contributed by atoms with Crippen molar-refractivity contribution < 1.29 is 19.4 Å². The average molecular weight is 305 g/mol. The molecule has 0 spiro atoms. The minimum atomic E-state index is -1.14. The number of carboxylic acids is 1. The third-order valence-corrected chi connectivity index (χ3v) is 3.68. The predicted molar refractivity (Wildman–Crippen MR) is 79.3 cm³/mol. The van der Waals surface area contributed by atoms with Gasteiger partial charge in [0.2, 0.25) is 5.78 Å². The molecule has 0 aliphatic rings. The summed E-state index contributed by atoms with van der Waals surface area (Å²) in [5.74, 6) is -0.860. The molecule has 1 heterocycles. The van der Waals surface area contributed by atoms with E-state index in [1.807, 2.05) is 24.3 Å². The van der Waals surface area contributed by atoms with Crippen LogP contribution in [0.5, 0.6) is 5.75 Å². The van der Waals surface area contributed by atoms with Crippen LogP contribution in [0.1, 0.15) is 39.2 Å². The predicted octanol–water partition coefficient (Wildman–Crippen LogP) is 3.06. The SMILES string of the molecule is CCCc1ccc(OCC(=O)c2nc(C(=O)O)cs2)cc1. The molecule has 1 aromatic heterocycles. The molecule has 21 heavy (non-hydrogen) atoms. The lowest BCUT2D eigenvalue weighted by molar-refractivity contribution is 0.0691. The largest absolute Gasteiger partial charge is 0.485 e. The van der Waals surface area contributed by atoms with E-state index in [9.17, 15) is 9.59 Å². The summed E-state index contributed by atoms with van der Waals surface area (Å²) < 4.78 is 5.39. The second kappa shape index (κ2) is 6.99. The second-order valence-electron chi connectivity index (χ2n) is 4.45. The molecule has 0 saturated carbocycles. The first-order chi connectivity index (χ1) is 10.1. The van der Waals surface area contributed by atoms with Crippen molar-refractivity contribution in [1.29, 1.82) is 0 Å². The van der Waals surface area contributed by atoms with Gasteiger partial charge in [0, 0.05) is 5.38 Å². The van der Waals surface area contributed by atoms with Gasteiger partial charge in [-0.1, -0.05) is 25.5 Å². The summed E-state index contributed by atoms with van der Waals surface area (Å²) in [4.78, 5) is 26.3. The number of nitrogens with zero attached hydrogens (tertiary/aromatic N) is 1. The zero-order valence-corrected chi connectivity index (χ0v) is 12.4. The van der Waals surface area contributed by atoms with Gasteiger partial charge in [0.05, 0.1) is 0 Å². The topological polar surface area (TPSA) is 76.5 Å². The molecule has 0 amide bonds. The van der Waals surface area contributed by atoms with Crippen molar-refractivity contribution in [1.82, 2.24) is 4.98 Å². The summed E-state index contributed by atoms with van der Waals surface area (Å²) in [6, 6.07) is 7.58. The van der Waals surface area contributed by atoms with Gasteiger partial charge in [-0.05, 0) is 24.1 Å². The number of Topliss-reactive ketones (excluding diaryl/α,β-unsaturated/α-hetero) is 1. The van der Waals surface area contributed by atoms with Crippen LogP contribution in [0.2, 0.25) is 0 Å². The number of ketones is 1. The maximum atomic E-state index is 11.9. The minimum absolute atomic E-state index is 0.118. The lowest BCUT2D eigenvalue weighted by Crippen LogP contribution is -2.12. The van der Waals surface area contributed by atoms with Gasteiger partial charge in [0.1, 0.15) is 5.75 Å². The third kappa shape index (κ3) is 4.13. The maximum absolute atomic E-state index is 11.9. The fourth-order valence-electron chi connectivity index (χ4n) is 1.75. The van der Waals surface area contributed by atoms with Crippen LogP contribution < -0.4 is 4.74 Å². The summed E-state index contributed by atoms with van der Waals surface area (Å²) in [6.45, 7) is 1.96. The standard InChI is InChI=1S/C15H15NO4S/c1-2-3-10-4-6-11(7-5-10)20-8-13(17)14-16-12(9-21-14)15(18)19/h4-7,9H,2-3,8H2,1H3,(H,18,19). The Labute approximate surface area is 126 Å². The van der Waals surface area contributed by atoms with Crippen LogP contribution >= 0.6 is 11.3 Å². The van der Waals surface area contributed by atoms with E-state index in [0.29, 0.717) is 5.75 Å². The lowest BCUT2D eigenvalue weighted by Gasteiger charge is -2.05. The number of ether oxygens (including phenoxy) is 1. The molecule has 6 heteroatoms. The molecule has 5 nitrogen and oxygen atoms in total. The van der Waals surface area contributed by atoms with Gasteiger partial charge < -0.3 is 9.84 Å². The number of thiazole rings is 1. The number of carbonyl (C=O) groups is 2. The van der Waals surface area contributed by atoms with Crippen molar-refractivity contribution in [2.75, 3.05) is 6.61 Å². The first-order valence-corrected chi connectivity index (χ1v) is 7.42. The van der Waals surface area contributed by atoms with Crippen LogP contribution in [0.15, 0.2) is 29.6 Å². The normalized spacial score (nSPS) is 10.3. The van der Waals surface area contributed by atoms with E-state index >= 15 is 0 Å². The number of rotatable bonds is 7. The monoisotopic (exact) mass is 305 g/mol. The zero-order chi connectivity index (χ0) is 15.2. The van der Waals surface area contributed by atoms with E-state index in [1.165, 1.54) is 10.9 Å². The number of aryl methyl sites for hydroxylation is 1. The number of aromatic nitrogens is 1. The number of benzene rings is 1. The molecule has 0 aliphatic heterocycles. The van der Waals surface area contributed by atoms with Crippen LogP contribution in [0, 0.1) is 0 Å². The summed E-state index contributed by atoms with van der Waals surface area (Å²) in [5.41, 5.74) is 1.11. The summed E-state index contributed by atoms with van der Waals surface area (Å²) in [7, 11) is 0. The van der Waals surface area contributed by atoms with Gasteiger partial charge in [0.25, 0.3) is 0 Å². The molecule has 0 unspecified atom stereocenters. The summed E-state index contributed by atoms with van der Waals surface area (Å²) >= 11 is 1.01. The average Bonchev–Trinajstić information content (AvgIpc) is 2.97. The molecule has 2 rings (SSSR count). The third-order valence-electron chi connectivity index (χ3n) is 2.79. The van der Waals surface area contributed by atoms with Gasteiger partial charge in [-0.2, -0.15) is 0 Å². The Morgan fingerprint density at radius 3 is 2.57 bits per heavy atom. The highest BCUT2D eigenvalue weighted by Crippen LogP contribution is 2.15. The first-order valence-electron chi connectivity index (χ1n) is 6.54. The molecular formula is C15H15NO4S. The molecule has 110 valence electrons. The van der Waals surface area contributed by atoms with Crippen LogP contribution in [-0.4, -0.2) is 28.4 Å². The summed E-state index contributed by atoms with van der Waals surface area (Å²) in [5, 5.41) is 10.2. The maximum Gasteiger partial charge on any atom is 0.355 e. The van der Waals surface area contributed by atoms with Crippen LogP contribution in [0.25, 0.3) is 0 Å². The van der Waals surface area contributed by atoms with Gasteiger partial charge >= 0.3 is 5.97 Å². The van der Waals surface area contributed by atoms with E-state index in [-0.39, 0.29) is 23.1 Å². The number of hydrogen-bond acceptors (Lipinski definition) is 5. The zero-order valence-electron chi connectivity index (χ0n) is 11.5. The Balaban J connectivity index is 1.92. The Bertz CT molecular complexity index is 633. The van der Waals surface area contributed by atoms with E-state index < -0.39 is 5.97 Å². The Morgan fingerprint density at radius 2 is 2.00 bits per heavy atom. The van der Waals surface area contributed by atoms with Crippen molar-refractivity contribution >= 4 is 23.1 Å². The quantitative estimate of drug-likeness (QED) is 0.796. The van der Waals surface area contributed by atoms with E-state index in [4.69, 9.17) is 9.84 Å². The van der Waals surface area contributed by atoms with Gasteiger partial charge in [-0.3, -0.25) is 4.79 Å². The molecule has 2 aromatic rings.